The maximum Gasteiger partial charge on any atom is 0.334 e. The van der Waals surface area contributed by atoms with Crippen molar-refractivity contribution in [3.05, 3.63) is 94.8 Å². The molecular weight excluding hydrogens is 418 g/mol. The highest BCUT2D eigenvalue weighted by molar-refractivity contribution is 6.45. The predicted molar refractivity (Wildman–Crippen MR) is 123 cm³/mol. The zero-order valence-electron chi connectivity index (χ0n) is 18.8. The van der Waals surface area contributed by atoms with E-state index in [1.165, 1.54) is 0 Å². The lowest BCUT2D eigenvalue weighted by atomic mass is 10.1. The van der Waals surface area contributed by atoms with Crippen LogP contribution in [-0.4, -0.2) is 44.5 Å². The second-order valence-corrected chi connectivity index (χ2v) is 8.22. The van der Waals surface area contributed by atoms with Gasteiger partial charge in [0.1, 0.15) is 0 Å². The van der Waals surface area contributed by atoms with Crippen LogP contribution in [0.25, 0.3) is 0 Å². The minimum Gasteiger partial charge on any atom is -0.341 e. The molecule has 0 spiro atoms. The van der Waals surface area contributed by atoms with E-state index in [0.717, 1.165) is 32.3 Å². The van der Waals surface area contributed by atoms with E-state index >= 15 is 0 Å². The third-order valence-corrected chi connectivity index (χ3v) is 6.07. The largest absolute Gasteiger partial charge is 0.341 e. The fraction of sp³-hybridized carbons (Fsp3) is 0.231. The van der Waals surface area contributed by atoms with Crippen LogP contribution < -0.4 is 0 Å². The van der Waals surface area contributed by atoms with Crippen molar-refractivity contribution in [2.45, 2.75) is 33.4 Å². The minimum atomic E-state index is -0.976. The summed E-state index contributed by atoms with van der Waals surface area (Å²) in [4.78, 5) is 52.4. The van der Waals surface area contributed by atoms with Crippen molar-refractivity contribution < 1.29 is 19.2 Å². The lowest BCUT2D eigenvalue weighted by molar-refractivity contribution is -0.143. The van der Waals surface area contributed by atoms with Gasteiger partial charge in [0.25, 0.3) is 0 Å². The molecule has 3 aromatic rings. The van der Waals surface area contributed by atoms with Crippen molar-refractivity contribution in [3.63, 3.8) is 0 Å². The van der Waals surface area contributed by atoms with E-state index < -0.39 is 24.4 Å². The van der Waals surface area contributed by atoms with Gasteiger partial charge in [-0.15, -0.1) is 0 Å². The van der Waals surface area contributed by atoms with Gasteiger partial charge < -0.3 is 4.57 Å². The van der Waals surface area contributed by atoms with E-state index in [-0.39, 0.29) is 18.4 Å². The van der Waals surface area contributed by atoms with E-state index in [4.69, 9.17) is 0 Å². The van der Waals surface area contributed by atoms with Crippen molar-refractivity contribution >= 4 is 23.6 Å². The van der Waals surface area contributed by atoms with Gasteiger partial charge in [0.2, 0.25) is 0 Å². The van der Waals surface area contributed by atoms with Crippen LogP contribution in [0.15, 0.2) is 66.7 Å². The zero-order valence-corrected chi connectivity index (χ0v) is 18.8. The Morgan fingerprint density at radius 1 is 0.848 bits per heavy atom. The monoisotopic (exact) mass is 443 g/mol. The highest BCUT2D eigenvalue weighted by atomic mass is 16.2. The molecule has 1 unspecified atom stereocenters. The first-order chi connectivity index (χ1) is 15.8. The van der Waals surface area contributed by atoms with Crippen LogP contribution in [-0.2, 0) is 16.1 Å². The van der Waals surface area contributed by atoms with Crippen LogP contribution in [0.3, 0.4) is 0 Å². The Morgan fingerprint density at radius 2 is 1.42 bits per heavy atom. The molecule has 0 radical (unpaired) electrons. The van der Waals surface area contributed by atoms with Gasteiger partial charge in [0, 0.05) is 17.0 Å². The molecule has 2 heterocycles. The van der Waals surface area contributed by atoms with Gasteiger partial charge in [-0.05, 0) is 38.0 Å². The number of benzene rings is 2. The average Bonchev–Trinajstić information content (AvgIpc) is 3.23. The first-order valence-electron chi connectivity index (χ1n) is 10.8. The van der Waals surface area contributed by atoms with E-state index in [0.29, 0.717) is 5.56 Å². The molecule has 168 valence electrons. The van der Waals surface area contributed by atoms with Crippen LogP contribution in [0, 0.1) is 13.8 Å². The Balaban J connectivity index is 1.54. The lowest BCUT2D eigenvalue weighted by Gasteiger charge is -2.19. The van der Waals surface area contributed by atoms with Crippen molar-refractivity contribution in [2.75, 3.05) is 6.54 Å². The van der Waals surface area contributed by atoms with Crippen LogP contribution >= 0.6 is 0 Å². The van der Waals surface area contributed by atoms with Crippen LogP contribution in [0.4, 0.5) is 4.79 Å². The number of nitrogens with zero attached hydrogens (tertiary/aromatic N) is 3. The normalized spacial score (nSPS) is 14.8. The van der Waals surface area contributed by atoms with Gasteiger partial charge in [-0.3, -0.25) is 19.3 Å². The number of aryl methyl sites for hydroxylation is 1. The highest BCUT2D eigenvalue weighted by Gasteiger charge is 2.45. The molecule has 2 aromatic carbocycles. The summed E-state index contributed by atoms with van der Waals surface area (Å²) in [5.74, 6) is -2.28. The Labute approximate surface area is 192 Å². The van der Waals surface area contributed by atoms with E-state index in [2.05, 4.69) is 11.5 Å². The van der Waals surface area contributed by atoms with Crippen molar-refractivity contribution in [1.29, 1.82) is 0 Å². The summed E-state index contributed by atoms with van der Waals surface area (Å²) in [6.07, 6.45) is 0. The molecule has 1 atom stereocenters. The van der Waals surface area contributed by atoms with Crippen LogP contribution in [0.5, 0.6) is 0 Å². The number of rotatable bonds is 7. The molecule has 0 bridgehead atoms. The molecule has 7 heteroatoms. The number of Topliss-reactive ketones (excluding diaryl/α,β-unsaturated/α-hetero) is 1. The zero-order chi connectivity index (χ0) is 23.7. The number of urea groups is 1. The number of hydrogen-bond acceptors (Lipinski definition) is 4. The van der Waals surface area contributed by atoms with Gasteiger partial charge in [0.15, 0.2) is 5.78 Å². The predicted octanol–water partition coefficient (Wildman–Crippen LogP) is 3.89. The van der Waals surface area contributed by atoms with Gasteiger partial charge in [-0.1, -0.05) is 60.7 Å². The Kier molecular flexibility index (Phi) is 5.96. The molecule has 0 saturated carbocycles. The molecule has 4 amide bonds. The number of carbonyl (C=O) groups is 4. The van der Waals surface area contributed by atoms with Crippen molar-refractivity contribution in [1.82, 2.24) is 14.4 Å². The average molecular weight is 444 g/mol. The highest BCUT2D eigenvalue weighted by Crippen LogP contribution is 2.26. The molecule has 1 saturated heterocycles. The summed E-state index contributed by atoms with van der Waals surface area (Å²) in [5.41, 5.74) is 3.90. The Morgan fingerprint density at radius 3 is 2.06 bits per heavy atom. The maximum atomic E-state index is 13.1. The third-order valence-electron chi connectivity index (χ3n) is 6.07. The summed E-state index contributed by atoms with van der Waals surface area (Å²) >= 11 is 0. The van der Waals surface area contributed by atoms with Gasteiger partial charge in [-0.2, -0.15) is 0 Å². The summed E-state index contributed by atoms with van der Waals surface area (Å²) in [6.45, 7) is 5.33. The third kappa shape index (κ3) is 4.09. The number of amides is 4. The van der Waals surface area contributed by atoms with E-state index in [1.807, 2.05) is 50.2 Å². The van der Waals surface area contributed by atoms with E-state index in [1.54, 1.807) is 30.3 Å². The molecule has 1 fully saturated rings. The maximum absolute atomic E-state index is 13.1. The number of imide groups is 2. The standard InChI is InChI=1S/C26H25N3O4/c1-17-14-22(19(3)29(17)18(2)21-12-8-5-9-13-21)23(30)16-28-25(32)24(31)27(26(28)33)15-20-10-6-4-7-11-20/h4-14,18H,15-16H2,1-3H3. The molecule has 7 nitrogen and oxygen atoms in total. The second kappa shape index (κ2) is 8.86. The smallest absolute Gasteiger partial charge is 0.334 e. The Bertz CT molecular complexity index is 1230. The Hall–Kier alpha value is -4.00. The quantitative estimate of drug-likeness (QED) is 0.315. The van der Waals surface area contributed by atoms with E-state index in [9.17, 15) is 19.2 Å². The SMILES string of the molecule is Cc1cc(C(=O)CN2C(=O)C(=O)N(Cc3ccccc3)C2=O)c(C)n1C(C)c1ccccc1. The van der Waals surface area contributed by atoms with Crippen molar-refractivity contribution in [2.24, 2.45) is 0 Å². The summed E-state index contributed by atoms with van der Waals surface area (Å²) in [5, 5.41) is 0. The topological polar surface area (TPSA) is 79.7 Å². The van der Waals surface area contributed by atoms with Crippen LogP contribution in [0.1, 0.15) is 45.8 Å². The van der Waals surface area contributed by atoms with Gasteiger partial charge in [-0.25, -0.2) is 9.69 Å². The first-order valence-corrected chi connectivity index (χ1v) is 10.8. The minimum absolute atomic E-state index is 0.00532. The number of hydrogen-bond donors (Lipinski definition) is 0. The second-order valence-electron chi connectivity index (χ2n) is 8.22. The van der Waals surface area contributed by atoms with Crippen molar-refractivity contribution in [3.8, 4) is 0 Å². The fourth-order valence-electron chi connectivity index (χ4n) is 4.36. The molecular formula is C26H25N3O4. The van der Waals surface area contributed by atoms with Crippen LogP contribution in [0.2, 0.25) is 0 Å². The lowest BCUT2D eigenvalue weighted by Crippen LogP contribution is -2.37. The molecule has 4 rings (SSSR count). The first kappa shape index (κ1) is 22.2. The molecule has 33 heavy (non-hydrogen) atoms. The molecule has 0 aliphatic carbocycles. The molecule has 1 aliphatic heterocycles. The number of ketones is 1. The fourth-order valence-corrected chi connectivity index (χ4v) is 4.36. The molecule has 1 aliphatic rings. The molecule has 1 aromatic heterocycles. The summed E-state index contributed by atoms with van der Waals surface area (Å²) < 4.78 is 2.06. The molecule has 0 N–H and O–H groups in total. The number of carbonyl (C=O) groups excluding carboxylic acids is 4. The van der Waals surface area contributed by atoms with Gasteiger partial charge >= 0.3 is 17.8 Å². The summed E-state index contributed by atoms with van der Waals surface area (Å²) in [6, 6.07) is 19.9. The summed E-state index contributed by atoms with van der Waals surface area (Å²) in [7, 11) is 0. The van der Waals surface area contributed by atoms with Gasteiger partial charge in [0.05, 0.1) is 19.1 Å². The number of aromatic nitrogens is 1.